The summed E-state index contributed by atoms with van der Waals surface area (Å²) < 4.78 is 0. The lowest BCUT2D eigenvalue weighted by atomic mass is 9.97. The molecule has 0 saturated carbocycles. The van der Waals surface area contributed by atoms with E-state index in [1.165, 1.54) is 11.1 Å². The van der Waals surface area contributed by atoms with E-state index in [0.29, 0.717) is 5.69 Å². The van der Waals surface area contributed by atoms with E-state index >= 15 is 0 Å². The molecule has 0 fully saturated rings. The number of anilines is 1. The van der Waals surface area contributed by atoms with Gasteiger partial charge < -0.3 is 16.2 Å². The van der Waals surface area contributed by atoms with Crippen molar-refractivity contribution in [3.8, 4) is 0 Å². The van der Waals surface area contributed by atoms with E-state index in [2.05, 4.69) is 5.32 Å². The molecule has 3 heteroatoms. The van der Waals surface area contributed by atoms with Crippen LogP contribution in [0.25, 0.3) is 0 Å². The molecule has 1 aromatic rings. The maximum absolute atomic E-state index is 9.02. The molecule has 0 atom stereocenters. The molecule has 0 unspecified atom stereocenters. The van der Waals surface area contributed by atoms with E-state index in [1.807, 2.05) is 12.1 Å². The molecular formula is C10H14N2O. The normalized spacial score (nSPS) is 15.5. The Kier molecular flexibility index (Phi) is 2.20. The van der Waals surface area contributed by atoms with Crippen LogP contribution in [0.2, 0.25) is 0 Å². The van der Waals surface area contributed by atoms with Gasteiger partial charge in [0.05, 0.1) is 6.61 Å². The average molecular weight is 178 g/mol. The third-order valence-electron chi connectivity index (χ3n) is 2.52. The van der Waals surface area contributed by atoms with Crippen LogP contribution in [0.1, 0.15) is 16.7 Å². The highest BCUT2D eigenvalue weighted by Crippen LogP contribution is 2.21. The monoisotopic (exact) mass is 178 g/mol. The first kappa shape index (κ1) is 8.53. The molecule has 1 aromatic carbocycles. The van der Waals surface area contributed by atoms with Gasteiger partial charge in [0.1, 0.15) is 0 Å². The number of hydrogen-bond donors (Lipinski definition) is 3. The first-order chi connectivity index (χ1) is 6.31. The lowest BCUT2D eigenvalue weighted by Crippen LogP contribution is -2.24. The minimum absolute atomic E-state index is 0.0343. The number of benzene rings is 1. The van der Waals surface area contributed by atoms with Gasteiger partial charge in [0, 0.05) is 17.8 Å². The van der Waals surface area contributed by atoms with Gasteiger partial charge in [-0.2, -0.15) is 0 Å². The summed E-state index contributed by atoms with van der Waals surface area (Å²) in [6.45, 7) is 1.94. The second-order valence-corrected chi connectivity index (χ2v) is 3.40. The van der Waals surface area contributed by atoms with Gasteiger partial charge in [0.2, 0.25) is 0 Å². The molecule has 1 aliphatic heterocycles. The Morgan fingerprint density at radius 3 is 3.00 bits per heavy atom. The van der Waals surface area contributed by atoms with E-state index in [9.17, 15) is 0 Å². The number of nitrogens with one attached hydrogen (secondary N) is 1. The molecule has 70 valence electrons. The van der Waals surface area contributed by atoms with Crippen LogP contribution in [0.3, 0.4) is 0 Å². The van der Waals surface area contributed by atoms with Crippen LogP contribution >= 0.6 is 0 Å². The number of aliphatic hydroxyl groups is 1. The Morgan fingerprint density at radius 2 is 2.23 bits per heavy atom. The van der Waals surface area contributed by atoms with Crippen molar-refractivity contribution < 1.29 is 5.11 Å². The van der Waals surface area contributed by atoms with Crippen molar-refractivity contribution in [2.75, 3.05) is 12.3 Å². The number of nitrogen functional groups attached to an aromatic ring is 1. The van der Waals surface area contributed by atoms with Crippen LogP contribution in [-0.4, -0.2) is 11.7 Å². The molecule has 0 aliphatic carbocycles. The van der Waals surface area contributed by atoms with Crippen molar-refractivity contribution >= 4 is 5.69 Å². The van der Waals surface area contributed by atoms with Crippen molar-refractivity contribution in [2.24, 2.45) is 0 Å². The van der Waals surface area contributed by atoms with E-state index in [1.54, 1.807) is 0 Å². The molecule has 0 aromatic heterocycles. The first-order valence-corrected chi connectivity index (χ1v) is 4.53. The quantitative estimate of drug-likeness (QED) is 0.546. The highest BCUT2D eigenvalue weighted by molar-refractivity contribution is 5.52. The summed E-state index contributed by atoms with van der Waals surface area (Å²) in [6, 6.07) is 3.98. The third-order valence-corrected chi connectivity index (χ3v) is 2.52. The Morgan fingerprint density at radius 1 is 1.38 bits per heavy atom. The molecule has 0 radical (unpaired) electrons. The Hall–Kier alpha value is -1.06. The molecular weight excluding hydrogens is 164 g/mol. The fourth-order valence-corrected chi connectivity index (χ4v) is 1.74. The third kappa shape index (κ3) is 1.53. The van der Waals surface area contributed by atoms with E-state index < -0.39 is 0 Å². The molecule has 2 rings (SSSR count). The average Bonchev–Trinajstić information content (AvgIpc) is 2.17. The number of aliphatic hydroxyl groups excluding tert-OH is 1. The molecule has 4 N–H and O–H groups in total. The summed E-state index contributed by atoms with van der Waals surface area (Å²) >= 11 is 0. The van der Waals surface area contributed by atoms with Gasteiger partial charge in [-0.05, 0) is 30.2 Å². The van der Waals surface area contributed by atoms with E-state index in [0.717, 1.165) is 25.1 Å². The first-order valence-electron chi connectivity index (χ1n) is 4.53. The summed E-state index contributed by atoms with van der Waals surface area (Å²) in [6.07, 6.45) is 1.03. The molecule has 1 heterocycles. The zero-order valence-corrected chi connectivity index (χ0v) is 7.51. The Bertz CT molecular complexity index is 323. The lowest BCUT2D eigenvalue weighted by molar-refractivity contribution is 0.282. The van der Waals surface area contributed by atoms with Gasteiger partial charge in [-0.1, -0.05) is 6.07 Å². The van der Waals surface area contributed by atoms with Gasteiger partial charge in [-0.15, -0.1) is 0 Å². The summed E-state index contributed by atoms with van der Waals surface area (Å²) in [5.74, 6) is 0. The maximum Gasteiger partial charge on any atom is 0.0702 e. The number of hydrogen-bond acceptors (Lipinski definition) is 3. The molecule has 13 heavy (non-hydrogen) atoms. The van der Waals surface area contributed by atoms with Crippen LogP contribution in [-0.2, 0) is 19.6 Å². The largest absolute Gasteiger partial charge is 0.398 e. The van der Waals surface area contributed by atoms with E-state index in [4.69, 9.17) is 10.8 Å². The van der Waals surface area contributed by atoms with Crippen LogP contribution < -0.4 is 11.1 Å². The SMILES string of the molecule is Nc1cc2c(cc1CO)CCNC2. The molecule has 3 nitrogen and oxygen atoms in total. The second-order valence-electron chi connectivity index (χ2n) is 3.40. The zero-order chi connectivity index (χ0) is 9.26. The Balaban J connectivity index is 2.44. The van der Waals surface area contributed by atoms with Crippen LogP contribution in [0.15, 0.2) is 12.1 Å². The van der Waals surface area contributed by atoms with Crippen molar-refractivity contribution in [1.29, 1.82) is 0 Å². The standard InChI is InChI=1S/C10H14N2O/c11-10-4-8-5-12-2-1-7(8)3-9(10)6-13/h3-4,12-13H,1-2,5-6,11H2. The Labute approximate surface area is 77.6 Å². The molecule has 0 bridgehead atoms. The van der Waals surface area contributed by atoms with Crippen molar-refractivity contribution in [2.45, 2.75) is 19.6 Å². The summed E-state index contributed by atoms with van der Waals surface area (Å²) in [5.41, 5.74) is 9.90. The predicted molar refractivity (Wildman–Crippen MR) is 52.2 cm³/mol. The molecule has 0 amide bonds. The summed E-state index contributed by atoms with van der Waals surface area (Å²) in [7, 11) is 0. The topological polar surface area (TPSA) is 58.3 Å². The van der Waals surface area contributed by atoms with Crippen LogP contribution in [0, 0.1) is 0 Å². The summed E-state index contributed by atoms with van der Waals surface area (Å²) in [5, 5.41) is 12.3. The predicted octanol–water partition coefficient (Wildman–Crippen LogP) is 0.407. The zero-order valence-electron chi connectivity index (χ0n) is 7.51. The maximum atomic E-state index is 9.02. The number of rotatable bonds is 1. The molecule has 0 spiro atoms. The van der Waals surface area contributed by atoms with E-state index in [-0.39, 0.29) is 6.61 Å². The minimum Gasteiger partial charge on any atom is -0.398 e. The highest BCUT2D eigenvalue weighted by Gasteiger charge is 2.10. The second kappa shape index (κ2) is 3.36. The highest BCUT2D eigenvalue weighted by atomic mass is 16.3. The van der Waals surface area contributed by atoms with Gasteiger partial charge in [-0.3, -0.25) is 0 Å². The smallest absolute Gasteiger partial charge is 0.0702 e. The van der Waals surface area contributed by atoms with Crippen molar-refractivity contribution in [1.82, 2.24) is 5.32 Å². The van der Waals surface area contributed by atoms with Crippen molar-refractivity contribution in [3.05, 3.63) is 28.8 Å². The minimum atomic E-state index is 0.0343. The lowest BCUT2D eigenvalue weighted by Gasteiger charge is -2.18. The molecule has 1 aliphatic rings. The van der Waals surface area contributed by atoms with Gasteiger partial charge in [0.25, 0.3) is 0 Å². The fraction of sp³-hybridized carbons (Fsp3) is 0.400. The van der Waals surface area contributed by atoms with Gasteiger partial charge in [0.15, 0.2) is 0 Å². The van der Waals surface area contributed by atoms with Gasteiger partial charge >= 0.3 is 0 Å². The van der Waals surface area contributed by atoms with Crippen LogP contribution in [0.5, 0.6) is 0 Å². The van der Waals surface area contributed by atoms with Crippen molar-refractivity contribution in [3.63, 3.8) is 0 Å². The fourth-order valence-electron chi connectivity index (χ4n) is 1.74. The number of fused-ring (bicyclic) bond motifs is 1. The number of nitrogens with two attached hydrogens (primary N) is 1. The van der Waals surface area contributed by atoms with Crippen LogP contribution in [0.4, 0.5) is 5.69 Å². The summed E-state index contributed by atoms with van der Waals surface area (Å²) in [4.78, 5) is 0. The van der Waals surface area contributed by atoms with Gasteiger partial charge in [-0.25, -0.2) is 0 Å². The molecule has 0 saturated heterocycles.